The zero-order valence-electron chi connectivity index (χ0n) is 28.5. The molecule has 5 rings (SSSR count). The van der Waals surface area contributed by atoms with Gasteiger partial charge < -0.3 is 14.5 Å². The highest BCUT2D eigenvalue weighted by atomic mass is 16.5. The number of hydrogen-bond acceptors (Lipinski definition) is 4. The SMILES string of the molecule is CCCCCc1ccc(CN(C(=O)C=Cc2cccc(OC)c2)C(Cc2ccccc2)C(=O)N2CCN(Cc3ccccc3)CC2)cc1. The molecular formula is C42H49N3O3. The van der Waals surface area contributed by atoms with Gasteiger partial charge in [-0.05, 0) is 58.9 Å². The van der Waals surface area contributed by atoms with E-state index in [1.165, 1.54) is 30.4 Å². The van der Waals surface area contributed by atoms with E-state index in [1.54, 1.807) is 24.2 Å². The van der Waals surface area contributed by atoms with E-state index in [9.17, 15) is 9.59 Å². The van der Waals surface area contributed by atoms with E-state index in [-0.39, 0.29) is 11.8 Å². The van der Waals surface area contributed by atoms with Crippen LogP contribution in [0.4, 0.5) is 0 Å². The molecule has 2 amide bonds. The van der Waals surface area contributed by atoms with Gasteiger partial charge in [0.25, 0.3) is 0 Å². The molecule has 1 atom stereocenters. The number of hydrogen-bond donors (Lipinski definition) is 0. The third-order valence-corrected chi connectivity index (χ3v) is 9.11. The molecule has 0 aromatic heterocycles. The van der Waals surface area contributed by atoms with E-state index in [2.05, 4.69) is 60.4 Å². The first kappa shape index (κ1) is 34.6. The van der Waals surface area contributed by atoms with Crippen LogP contribution in [0.5, 0.6) is 5.75 Å². The molecule has 1 unspecified atom stereocenters. The topological polar surface area (TPSA) is 53.1 Å². The minimum atomic E-state index is -0.653. The summed E-state index contributed by atoms with van der Waals surface area (Å²) in [7, 11) is 1.63. The molecule has 0 spiro atoms. The Morgan fingerprint density at radius 2 is 1.44 bits per heavy atom. The lowest BCUT2D eigenvalue weighted by Crippen LogP contribution is -2.56. The number of amides is 2. The van der Waals surface area contributed by atoms with Crippen LogP contribution in [0.2, 0.25) is 0 Å². The van der Waals surface area contributed by atoms with Crippen molar-refractivity contribution in [3.05, 3.63) is 143 Å². The lowest BCUT2D eigenvalue weighted by Gasteiger charge is -2.39. The zero-order valence-corrected chi connectivity index (χ0v) is 28.5. The van der Waals surface area contributed by atoms with Crippen molar-refractivity contribution in [2.24, 2.45) is 0 Å². The molecule has 0 saturated carbocycles. The summed E-state index contributed by atoms with van der Waals surface area (Å²) in [6.07, 6.45) is 8.47. The van der Waals surface area contributed by atoms with Gasteiger partial charge in [-0.15, -0.1) is 0 Å². The predicted molar refractivity (Wildman–Crippen MR) is 194 cm³/mol. The molecule has 6 nitrogen and oxygen atoms in total. The fourth-order valence-electron chi connectivity index (χ4n) is 6.28. The molecule has 48 heavy (non-hydrogen) atoms. The zero-order chi connectivity index (χ0) is 33.6. The van der Waals surface area contributed by atoms with E-state index >= 15 is 0 Å². The molecule has 1 fully saturated rings. The quantitative estimate of drug-likeness (QED) is 0.1000. The fraction of sp³-hybridized carbons (Fsp3) is 0.333. The van der Waals surface area contributed by atoms with Crippen LogP contribution in [0.1, 0.15) is 54.0 Å². The Morgan fingerprint density at radius 3 is 2.10 bits per heavy atom. The Balaban J connectivity index is 1.40. The summed E-state index contributed by atoms with van der Waals surface area (Å²) >= 11 is 0. The molecule has 1 saturated heterocycles. The first-order chi connectivity index (χ1) is 23.5. The lowest BCUT2D eigenvalue weighted by atomic mass is 10.0. The Bertz CT molecular complexity index is 1600. The number of carbonyl (C=O) groups excluding carboxylic acids is 2. The maximum atomic E-state index is 14.5. The number of aryl methyl sites for hydroxylation is 1. The normalized spacial score (nSPS) is 14.2. The molecule has 250 valence electrons. The van der Waals surface area contributed by atoms with Gasteiger partial charge in [0, 0.05) is 51.8 Å². The number of ether oxygens (including phenoxy) is 1. The van der Waals surface area contributed by atoms with Crippen molar-refractivity contribution >= 4 is 17.9 Å². The third kappa shape index (κ3) is 10.2. The van der Waals surface area contributed by atoms with Gasteiger partial charge in [-0.25, -0.2) is 0 Å². The predicted octanol–water partition coefficient (Wildman–Crippen LogP) is 7.43. The number of piperazine rings is 1. The highest BCUT2D eigenvalue weighted by molar-refractivity contribution is 5.95. The van der Waals surface area contributed by atoms with Crippen LogP contribution >= 0.6 is 0 Å². The molecular weight excluding hydrogens is 594 g/mol. The second kappa shape index (κ2) is 18.0. The van der Waals surface area contributed by atoms with Crippen LogP contribution in [0.25, 0.3) is 6.08 Å². The standard InChI is InChI=1S/C42H49N3O3/c1-3-4-7-13-34-20-22-38(23-21-34)33-45(41(46)25-24-36-18-12-19-39(30-36)48-2)40(31-35-14-8-5-9-15-35)42(47)44-28-26-43(27-29-44)32-37-16-10-6-11-17-37/h5-6,8-12,14-25,30,40H,3-4,7,13,26-29,31-33H2,1-2H3. The highest BCUT2D eigenvalue weighted by Gasteiger charge is 2.34. The summed E-state index contributed by atoms with van der Waals surface area (Å²) in [5.41, 5.74) is 5.47. The largest absolute Gasteiger partial charge is 0.497 e. The number of rotatable bonds is 15. The van der Waals surface area contributed by atoms with Crippen molar-refractivity contribution in [2.45, 2.75) is 58.2 Å². The van der Waals surface area contributed by atoms with Gasteiger partial charge in [-0.3, -0.25) is 14.5 Å². The molecule has 1 heterocycles. The maximum absolute atomic E-state index is 14.5. The first-order valence-corrected chi connectivity index (χ1v) is 17.3. The van der Waals surface area contributed by atoms with Gasteiger partial charge in [0.2, 0.25) is 11.8 Å². The summed E-state index contributed by atoms with van der Waals surface area (Å²) in [5, 5.41) is 0. The highest BCUT2D eigenvalue weighted by Crippen LogP contribution is 2.21. The molecule has 1 aliphatic rings. The van der Waals surface area contributed by atoms with E-state index in [4.69, 9.17) is 4.74 Å². The molecule has 0 N–H and O–H groups in total. The molecule has 0 radical (unpaired) electrons. The second-order valence-electron chi connectivity index (χ2n) is 12.6. The van der Waals surface area contributed by atoms with Crippen LogP contribution in [0, 0.1) is 0 Å². The monoisotopic (exact) mass is 643 g/mol. The Kier molecular flexibility index (Phi) is 13.0. The van der Waals surface area contributed by atoms with Crippen molar-refractivity contribution in [3.8, 4) is 5.75 Å². The number of benzene rings is 4. The summed E-state index contributed by atoms with van der Waals surface area (Å²) < 4.78 is 5.39. The van der Waals surface area contributed by atoms with Crippen molar-refractivity contribution < 1.29 is 14.3 Å². The maximum Gasteiger partial charge on any atom is 0.247 e. The van der Waals surface area contributed by atoms with Crippen molar-refractivity contribution in [1.29, 1.82) is 0 Å². The smallest absolute Gasteiger partial charge is 0.247 e. The van der Waals surface area contributed by atoms with Gasteiger partial charge in [0.05, 0.1) is 7.11 Å². The minimum Gasteiger partial charge on any atom is -0.497 e. The van der Waals surface area contributed by atoms with Crippen molar-refractivity contribution in [2.75, 3.05) is 33.3 Å². The fourth-order valence-corrected chi connectivity index (χ4v) is 6.28. The van der Waals surface area contributed by atoms with E-state index in [0.717, 1.165) is 48.5 Å². The van der Waals surface area contributed by atoms with Crippen LogP contribution in [0.15, 0.2) is 115 Å². The van der Waals surface area contributed by atoms with Gasteiger partial charge in [-0.2, -0.15) is 0 Å². The summed E-state index contributed by atoms with van der Waals surface area (Å²) in [4.78, 5) is 34.9. The van der Waals surface area contributed by atoms with Crippen molar-refractivity contribution in [1.82, 2.24) is 14.7 Å². The molecule has 4 aromatic rings. The summed E-state index contributed by atoms with van der Waals surface area (Å²) in [5.74, 6) is 0.531. The molecule has 0 bridgehead atoms. The van der Waals surface area contributed by atoms with E-state index < -0.39 is 6.04 Å². The van der Waals surface area contributed by atoms with Gasteiger partial charge in [0.1, 0.15) is 11.8 Å². The van der Waals surface area contributed by atoms with Crippen molar-refractivity contribution in [3.63, 3.8) is 0 Å². The average Bonchev–Trinajstić information content (AvgIpc) is 3.14. The Hall–Kier alpha value is -4.68. The number of unbranched alkanes of at least 4 members (excludes halogenated alkanes) is 2. The lowest BCUT2D eigenvalue weighted by molar-refractivity contribution is -0.145. The molecule has 6 heteroatoms. The van der Waals surface area contributed by atoms with Crippen LogP contribution in [0.3, 0.4) is 0 Å². The number of methoxy groups -OCH3 is 1. The van der Waals surface area contributed by atoms with Crippen LogP contribution in [-0.2, 0) is 35.5 Å². The molecule has 0 aliphatic carbocycles. The second-order valence-corrected chi connectivity index (χ2v) is 12.6. The van der Waals surface area contributed by atoms with E-state index in [0.29, 0.717) is 26.1 Å². The number of carbonyl (C=O) groups is 2. The Labute approximate surface area is 286 Å². The van der Waals surface area contributed by atoms with E-state index in [1.807, 2.05) is 65.6 Å². The molecule has 1 aliphatic heterocycles. The molecule has 4 aromatic carbocycles. The first-order valence-electron chi connectivity index (χ1n) is 17.3. The minimum absolute atomic E-state index is 0.00229. The third-order valence-electron chi connectivity index (χ3n) is 9.11. The van der Waals surface area contributed by atoms with Gasteiger partial charge >= 0.3 is 0 Å². The summed E-state index contributed by atoms with van der Waals surface area (Å²) in [6.45, 7) is 6.27. The summed E-state index contributed by atoms with van der Waals surface area (Å²) in [6, 6.07) is 36.0. The average molecular weight is 644 g/mol. The number of nitrogens with zero attached hydrogens (tertiary/aromatic N) is 3. The van der Waals surface area contributed by atoms with Gasteiger partial charge in [0.15, 0.2) is 0 Å². The Morgan fingerprint density at radius 1 is 0.771 bits per heavy atom. The van der Waals surface area contributed by atoms with Crippen LogP contribution < -0.4 is 4.74 Å². The van der Waals surface area contributed by atoms with Crippen LogP contribution in [-0.4, -0.2) is 65.8 Å². The van der Waals surface area contributed by atoms with Gasteiger partial charge in [-0.1, -0.05) is 117 Å².